The van der Waals surface area contributed by atoms with E-state index in [2.05, 4.69) is 26.0 Å². The van der Waals surface area contributed by atoms with E-state index in [1.54, 1.807) is 0 Å². The first kappa shape index (κ1) is 7.66. The molecule has 0 aliphatic carbocycles. The van der Waals surface area contributed by atoms with Crippen LogP contribution in [0.3, 0.4) is 0 Å². The molecule has 2 rings (SSSR count). The second-order valence-corrected chi connectivity index (χ2v) is 3.45. The lowest BCUT2D eigenvalue weighted by molar-refractivity contribution is 0.286. The summed E-state index contributed by atoms with van der Waals surface area (Å²) < 4.78 is 5.64. The standard InChI is InChI=1S/C11H14O/c1-8-5-6-10-4-3-7-12-11(10)9(8)2/h5-6H,3-4,7H2,1-2H3. The predicted molar refractivity (Wildman–Crippen MR) is 49.7 cm³/mol. The lowest BCUT2D eigenvalue weighted by Gasteiger charge is -2.20. The highest BCUT2D eigenvalue weighted by atomic mass is 16.5. The topological polar surface area (TPSA) is 9.23 Å². The van der Waals surface area contributed by atoms with Crippen LogP contribution in [0.4, 0.5) is 0 Å². The first-order valence-electron chi connectivity index (χ1n) is 4.51. The lowest BCUT2D eigenvalue weighted by atomic mass is 10.00. The summed E-state index contributed by atoms with van der Waals surface area (Å²) in [7, 11) is 0. The third kappa shape index (κ3) is 1.09. The molecule has 0 amide bonds. The van der Waals surface area contributed by atoms with E-state index in [0.717, 1.165) is 18.8 Å². The Morgan fingerprint density at radius 3 is 2.92 bits per heavy atom. The molecule has 0 unspecified atom stereocenters. The molecule has 0 bridgehead atoms. The molecule has 1 heteroatoms. The molecule has 12 heavy (non-hydrogen) atoms. The van der Waals surface area contributed by atoms with Crippen molar-refractivity contribution in [1.82, 2.24) is 0 Å². The highest BCUT2D eigenvalue weighted by Gasteiger charge is 2.12. The Morgan fingerprint density at radius 2 is 2.08 bits per heavy atom. The summed E-state index contributed by atoms with van der Waals surface area (Å²) in [5, 5.41) is 0. The Labute approximate surface area is 73.4 Å². The molecule has 1 heterocycles. The van der Waals surface area contributed by atoms with Gasteiger partial charge in [0, 0.05) is 0 Å². The zero-order valence-electron chi connectivity index (χ0n) is 7.68. The van der Waals surface area contributed by atoms with Crippen LogP contribution in [-0.2, 0) is 6.42 Å². The molecule has 0 saturated heterocycles. The van der Waals surface area contributed by atoms with Crippen LogP contribution in [0.25, 0.3) is 0 Å². The fourth-order valence-corrected chi connectivity index (χ4v) is 1.68. The van der Waals surface area contributed by atoms with Crippen LogP contribution in [0.15, 0.2) is 12.1 Å². The van der Waals surface area contributed by atoms with Gasteiger partial charge in [-0.1, -0.05) is 12.1 Å². The van der Waals surface area contributed by atoms with Crippen LogP contribution < -0.4 is 4.74 Å². The fraction of sp³-hybridized carbons (Fsp3) is 0.455. The minimum Gasteiger partial charge on any atom is -0.493 e. The van der Waals surface area contributed by atoms with Crippen LogP contribution in [-0.4, -0.2) is 6.61 Å². The van der Waals surface area contributed by atoms with E-state index >= 15 is 0 Å². The van der Waals surface area contributed by atoms with Crippen molar-refractivity contribution in [2.45, 2.75) is 26.7 Å². The van der Waals surface area contributed by atoms with Gasteiger partial charge < -0.3 is 4.74 Å². The van der Waals surface area contributed by atoms with E-state index < -0.39 is 0 Å². The van der Waals surface area contributed by atoms with Gasteiger partial charge in [0.05, 0.1) is 6.61 Å². The molecule has 0 spiro atoms. The number of ether oxygens (including phenoxy) is 1. The minimum atomic E-state index is 0.886. The zero-order chi connectivity index (χ0) is 8.55. The summed E-state index contributed by atoms with van der Waals surface area (Å²) in [4.78, 5) is 0. The van der Waals surface area contributed by atoms with E-state index in [0.29, 0.717) is 0 Å². The Kier molecular flexibility index (Phi) is 1.80. The van der Waals surface area contributed by atoms with Crippen molar-refractivity contribution in [2.24, 2.45) is 0 Å². The molecule has 0 radical (unpaired) electrons. The van der Waals surface area contributed by atoms with Gasteiger partial charge in [-0.3, -0.25) is 0 Å². The largest absolute Gasteiger partial charge is 0.493 e. The summed E-state index contributed by atoms with van der Waals surface area (Å²) in [6.45, 7) is 5.16. The van der Waals surface area contributed by atoms with Gasteiger partial charge in [-0.2, -0.15) is 0 Å². The van der Waals surface area contributed by atoms with Crippen molar-refractivity contribution in [1.29, 1.82) is 0 Å². The van der Waals surface area contributed by atoms with Crippen molar-refractivity contribution >= 4 is 0 Å². The smallest absolute Gasteiger partial charge is 0.125 e. The van der Waals surface area contributed by atoms with Gasteiger partial charge in [0.1, 0.15) is 5.75 Å². The first-order chi connectivity index (χ1) is 5.79. The molecule has 1 nitrogen and oxygen atoms in total. The maximum atomic E-state index is 5.64. The summed E-state index contributed by atoms with van der Waals surface area (Å²) in [5.74, 6) is 1.14. The van der Waals surface area contributed by atoms with E-state index in [1.165, 1.54) is 23.1 Å². The van der Waals surface area contributed by atoms with Crippen molar-refractivity contribution < 1.29 is 4.74 Å². The minimum absolute atomic E-state index is 0.886. The Balaban J connectivity index is 2.54. The van der Waals surface area contributed by atoms with Crippen molar-refractivity contribution in [2.75, 3.05) is 6.61 Å². The molecule has 0 fully saturated rings. The Morgan fingerprint density at radius 1 is 1.25 bits per heavy atom. The molecule has 1 aromatic carbocycles. The SMILES string of the molecule is Cc1ccc2c(c1C)OCCC2. The second-order valence-electron chi connectivity index (χ2n) is 3.45. The Bertz CT molecular complexity index is 302. The summed E-state index contributed by atoms with van der Waals surface area (Å²) in [6, 6.07) is 4.37. The van der Waals surface area contributed by atoms with Crippen molar-refractivity contribution in [3.63, 3.8) is 0 Å². The lowest BCUT2D eigenvalue weighted by Crippen LogP contribution is -2.09. The normalized spacial score (nSPS) is 15.2. The maximum Gasteiger partial charge on any atom is 0.125 e. The number of rotatable bonds is 0. The van der Waals surface area contributed by atoms with Gasteiger partial charge in [0.2, 0.25) is 0 Å². The van der Waals surface area contributed by atoms with Gasteiger partial charge in [0.15, 0.2) is 0 Å². The number of aryl methyl sites for hydroxylation is 2. The number of fused-ring (bicyclic) bond motifs is 1. The summed E-state index contributed by atoms with van der Waals surface area (Å²) in [6.07, 6.45) is 2.34. The number of hydrogen-bond donors (Lipinski definition) is 0. The Hall–Kier alpha value is -0.980. The molecular weight excluding hydrogens is 148 g/mol. The predicted octanol–water partition coefficient (Wildman–Crippen LogP) is 2.63. The van der Waals surface area contributed by atoms with Crippen molar-refractivity contribution in [3.05, 3.63) is 28.8 Å². The maximum absolute atomic E-state index is 5.64. The highest BCUT2D eigenvalue weighted by molar-refractivity contribution is 5.46. The number of hydrogen-bond acceptors (Lipinski definition) is 1. The zero-order valence-corrected chi connectivity index (χ0v) is 7.68. The van der Waals surface area contributed by atoms with Crippen LogP contribution >= 0.6 is 0 Å². The van der Waals surface area contributed by atoms with E-state index in [9.17, 15) is 0 Å². The molecule has 1 aromatic rings. The quantitative estimate of drug-likeness (QED) is 0.569. The molecule has 0 N–H and O–H groups in total. The van der Waals surface area contributed by atoms with Crippen LogP contribution in [0.2, 0.25) is 0 Å². The molecule has 0 aromatic heterocycles. The molecule has 1 aliphatic heterocycles. The van der Waals surface area contributed by atoms with E-state index in [4.69, 9.17) is 4.74 Å². The summed E-state index contributed by atoms with van der Waals surface area (Å²) in [5.41, 5.74) is 4.02. The van der Waals surface area contributed by atoms with Crippen LogP contribution in [0.1, 0.15) is 23.1 Å². The average Bonchev–Trinajstić information content (AvgIpc) is 2.12. The van der Waals surface area contributed by atoms with Crippen LogP contribution in [0, 0.1) is 13.8 Å². The van der Waals surface area contributed by atoms with Crippen molar-refractivity contribution in [3.8, 4) is 5.75 Å². The molecule has 0 saturated carbocycles. The van der Waals surface area contributed by atoms with Gasteiger partial charge in [0.25, 0.3) is 0 Å². The summed E-state index contributed by atoms with van der Waals surface area (Å²) >= 11 is 0. The third-order valence-electron chi connectivity index (χ3n) is 2.60. The monoisotopic (exact) mass is 162 g/mol. The van der Waals surface area contributed by atoms with E-state index in [-0.39, 0.29) is 0 Å². The van der Waals surface area contributed by atoms with Crippen LogP contribution in [0.5, 0.6) is 5.75 Å². The molecule has 64 valence electrons. The first-order valence-corrected chi connectivity index (χ1v) is 4.51. The van der Waals surface area contributed by atoms with Gasteiger partial charge >= 0.3 is 0 Å². The fourth-order valence-electron chi connectivity index (χ4n) is 1.68. The van der Waals surface area contributed by atoms with Gasteiger partial charge in [-0.25, -0.2) is 0 Å². The molecule has 0 atom stereocenters. The van der Waals surface area contributed by atoms with Gasteiger partial charge in [-0.15, -0.1) is 0 Å². The van der Waals surface area contributed by atoms with E-state index in [1.807, 2.05) is 0 Å². The molecule has 1 aliphatic rings. The third-order valence-corrected chi connectivity index (χ3v) is 2.60. The highest BCUT2D eigenvalue weighted by Crippen LogP contribution is 2.30. The van der Waals surface area contributed by atoms with Gasteiger partial charge in [-0.05, 0) is 43.4 Å². The average molecular weight is 162 g/mol. The second kappa shape index (κ2) is 2.81. The number of benzene rings is 1. The molecular formula is C11H14O.